The van der Waals surface area contributed by atoms with E-state index in [4.69, 9.17) is 0 Å². The quantitative estimate of drug-likeness (QED) is 0.574. The van der Waals surface area contributed by atoms with Crippen molar-refractivity contribution in [3.05, 3.63) is 43.5 Å². The molecule has 0 aliphatic heterocycles. The van der Waals surface area contributed by atoms with Gasteiger partial charge in [0, 0.05) is 18.9 Å². The summed E-state index contributed by atoms with van der Waals surface area (Å²) in [5.74, 6) is 0. The summed E-state index contributed by atoms with van der Waals surface area (Å²) >= 11 is 0. The van der Waals surface area contributed by atoms with E-state index < -0.39 is 0 Å². The molecule has 0 spiro atoms. The highest BCUT2D eigenvalue weighted by Gasteiger charge is 1.80. The lowest BCUT2D eigenvalue weighted by Gasteiger charge is -1.91. The molecule has 2 heteroatoms. The van der Waals surface area contributed by atoms with Gasteiger partial charge in [0.2, 0.25) is 0 Å². The summed E-state index contributed by atoms with van der Waals surface area (Å²) in [5.41, 5.74) is 0. The molecule has 0 bridgehead atoms. The van der Waals surface area contributed by atoms with Crippen LogP contribution in [0.1, 0.15) is 0 Å². The average molecular weight is 134 g/mol. The second kappa shape index (κ2) is 3.67. The number of hydrogen-bond donors (Lipinski definition) is 0. The fraction of sp³-hybridized carbons (Fsp3) is 0.125. The molecule has 0 aliphatic rings. The summed E-state index contributed by atoms with van der Waals surface area (Å²) in [6.07, 6.45) is 11.2. The predicted molar refractivity (Wildman–Crippen MR) is 41.6 cm³/mol. The second-order valence-corrected chi connectivity index (χ2v) is 1.92. The Morgan fingerprint density at radius 1 is 1.60 bits per heavy atom. The van der Waals surface area contributed by atoms with Gasteiger partial charge in [-0.3, -0.25) is 0 Å². The van der Waals surface area contributed by atoms with Gasteiger partial charge in [-0.05, 0) is 0 Å². The summed E-state index contributed by atoms with van der Waals surface area (Å²) in [6, 6.07) is 0. The van der Waals surface area contributed by atoms with Crippen molar-refractivity contribution in [2.45, 2.75) is 6.54 Å². The third kappa shape index (κ3) is 1.90. The molecule has 0 aliphatic carbocycles. The minimum absolute atomic E-state index is 0.867. The standard InChI is InChI=1S/C8H10N2/c1-2-3-4-6-10-7-5-9-8-10/h2-5,7-8H,1,6H2. The zero-order valence-corrected chi connectivity index (χ0v) is 5.77. The van der Waals surface area contributed by atoms with Crippen molar-refractivity contribution in [1.82, 2.24) is 9.55 Å². The van der Waals surface area contributed by atoms with E-state index in [-0.39, 0.29) is 0 Å². The third-order valence-electron chi connectivity index (χ3n) is 1.15. The van der Waals surface area contributed by atoms with Gasteiger partial charge < -0.3 is 4.57 Å². The number of aromatic nitrogens is 2. The highest BCUT2D eigenvalue weighted by Crippen LogP contribution is 1.86. The van der Waals surface area contributed by atoms with E-state index in [0.717, 1.165) is 6.54 Å². The molecule has 0 unspecified atom stereocenters. The Bertz CT molecular complexity index is 209. The highest BCUT2D eigenvalue weighted by molar-refractivity contribution is 4.97. The molecule has 0 radical (unpaired) electrons. The summed E-state index contributed by atoms with van der Waals surface area (Å²) in [7, 11) is 0. The van der Waals surface area contributed by atoms with Gasteiger partial charge in [0.05, 0.1) is 6.33 Å². The molecule has 2 nitrogen and oxygen atoms in total. The first-order valence-electron chi connectivity index (χ1n) is 3.17. The van der Waals surface area contributed by atoms with E-state index in [1.54, 1.807) is 18.6 Å². The predicted octanol–water partition coefficient (Wildman–Crippen LogP) is 1.63. The number of rotatable bonds is 3. The topological polar surface area (TPSA) is 17.8 Å². The maximum atomic E-state index is 3.90. The van der Waals surface area contributed by atoms with Gasteiger partial charge in [-0.2, -0.15) is 0 Å². The smallest absolute Gasteiger partial charge is 0.0948 e. The number of imidazole rings is 1. The molecule has 0 aromatic carbocycles. The van der Waals surface area contributed by atoms with Crippen LogP contribution in [0.5, 0.6) is 0 Å². The second-order valence-electron chi connectivity index (χ2n) is 1.92. The highest BCUT2D eigenvalue weighted by atomic mass is 15.0. The Morgan fingerprint density at radius 2 is 2.50 bits per heavy atom. The van der Waals surface area contributed by atoms with E-state index in [1.807, 2.05) is 22.9 Å². The molecular formula is C8H10N2. The zero-order valence-electron chi connectivity index (χ0n) is 5.77. The average Bonchev–Trinajstić information content (AvgIpc) is 2.41. The van der Waals surface area contributed by atoms with Crippen LogP contribution in [0.4, 0.5) is 0 Å². The number of hydrogen-bond acceptors (Lipinski definition) is 1. The van der Waals surface area contributed by atoms with Crippen LogP contribution in [0.15, 0.2) is 43.5 Å². The van der Waals surface area contributed by atoms with E-state index in [2.05, 4.69) is 11.6 Å². The Balaban J connectivity index is 2.41. The molecule has 0 saturated carbocycles. The van der Waals surface area contributed by atoms with Crippen molar-refractivity contribution >= 4 is 0 Å². The van der Waals surface area contributed by atoms with E-state index in [1.165, 1.54) is 0 Å². The van der Waals surface area contributed by atoms with Crippen molar-refractivity contribution in [1.29, 1.82) is 0 Å². The largest absolute Gasteiger partial charge is 0.334 e. The van der Waals surface area contributed by atoms with Crippen LogP contribution < -0.4 is 0 Å². The Labute approximate surface area is 60.5 Å². The van der Waals surface area contributed by atoms with Gasteiger partial charge in [0.25, 0.3) is 0 Å². The van der Waals surface area contributed by atoms with Crippen LogP contribution in [0, 0.1) is 0 Å². The summed E-state index contributed by atoms with van der Waals surface area (Å²) in [4.78, 5) is 3.90. The van der Waals surface area contributed by atoms with Crippen molar-refractivity contribution in [3.63, 3.8) is 0 Å². The molecule has 1 heterocycles. The molecule has 0 saturated heterocycles. The minimum Gasteiger partial charge on any atom is -0.334 e. The van der Waals surface area contributed by atoms with Gasteiger partial charge in [0.1, 0.15) is 0 Å². The zero-order chi connectivity index (χ0) is 7.23. The van der Waals surface area contributed by atoms with E-state index in [0.29, 0.717) is 0 Å². The fourth-order valence-corrected chi connectivity index (χ4v) is 0.674. The Morgan fingerprint density at radius 3 is 3.10 bits per heavy atom. The van der Waals surface area contributed by atoms with Crippen LogP contribution in [0.2, 0.25) is 0 Å². The third-order valence-corrected chi connectivity index (χ3v) is 1.15. The van der Waals surface area contributed by atoms with Gasteiger partial charge in [0.15, 0.2) is 0 Å². The number of allylic oxidation sites excluding steroid dienone is 3. The lowest BCUT2D eigenvalue weighted by Crippen LogP contribution is -1.88. The lowest BCUT2D eigenvalue weighted by molar-refractivity contribution is 0.820. The Hall–Kier alpha value is -1.31. The van der Waals surface area contributed by atoms with Crippen molar-refractivity contribution in [2.24, 2.45) is 0 Å². The molecule has 0 N–H and O–H groups in total. The summed E-state index contributed by atoms with van der Waals surface area (Å²) in [5, 5.41) is 0. The SMILES string of the molecule is C=CC=CCn1ccnc1. The molecule has 0 amide bonds. The van der Waals surface area contributed by atoms with Crippen LogP contribution in [0.3, 0.4) is 0 Å². The molecule has 1 aromatic heterocycles. The van der Waals surface area contributed by atoms with Crippen molar-refractivity contribution in [2.75, 3.05) is 0 Å². The van der Waals surface area contributed by atoms with Crippen LogP contribution in [0.25, 0.3) is 0 Å². The van der Waals surface area contributed by atoms with Crippen molar-refractivity contribution < 1.29 is 0 Å². The first kappa shape index (κ1) is 6.81. The molecule has 1 aromatic rings. The van der Waals surface area contributed by atoms with Gasteiger partial charge >= 0.3 is 0 Å². The summed E-state index contributed by atoms with van der Waals surface area (Å²) < 4.78 is 1.99. The van der Waals surface area contributed by atoms with Crippen LogP contribution in [-0.4, -0.2) is 9.55 Å². The maximum Gasteiger partial charge on any atom is 0.0948 e. The van der Waals surface area contributed by atoms with Gasteiger partial charge in [-0.1, -0.05) is 24.8 Å². The van der Waals surface area contributed by atoms with Crippen LogP contribution in [-0.2, 0) is 6.54 Å². The first-order valence-corrected chi connectivity index (χ1v) is 3.17. The normalized spacial score (nSPS) is 10.4. The van der Waals surface area contributed by atoms with E-state index in [9.17, 15) is 0 Å². The van der Waals surface area contributed by atoms with Crippen LogP contribution >= 0.6 is 0 Å². The van der Waals surface area contributed by atoms with E-state index >= 15 is 0 Å². The molecule has 0 fully saturated rings. The van der Waals surface area contributed by atoms with Gasteiger partial charge in [-0.25, -0.2) is 4.98 Å². The molecule has 1 rings (SSSR count). The molecular weight excluding hydrogens is 124 g/mol. The fourth-order valence-electron chi connectivity index (χ4n) is 0.674. The molecule has 52 valence electrons. The monoisotopic (exact) mass is 134 g/mol. The van der Waals surface area contributed by atoms with Gasteiger partial charge in [-0.15, -0.1) is 0 Å². The minimum atomic E-state index is 0.867. The summed E-state index contributed by atoms with van der Waals surface area (Å²) in [6.45, 7) is 4.43. The Kier molecular flexibility index (Phi) is 2.49. The molecule has 10 heavy (non-hydrogen) atoms. The van der Waals surface area contributed by atoms with Crippen molar-refractivity contribution in [3.8, 4) is 0 Å². The maximum absolute atomic E-state index is 3.90. The lowest BCUT2D eigenvalue weighted by atomic mass is 10.5. The first-order chi connectivity index (χ1) is 4.93. The molecule has 0 atom stereocenters. The number of nitrogens with zero attached hydrogens (tertiary/aromatic N) is 2.